The first-order chi connectivity index (χ1) is 13.0. The molecule has 0 unspecified atom stereocenters. The first kappa shape index (κ1) is 20.5. The van der Waals surface area contributed by atoms with E-state index in [-0.39, 0.29) is 11.4 Å². The minimum absolute atomic E-state index is 0.0842. The quantitative estimate of drug-likeness (QED) is 0.343. The highest BCUT2D eigenvalue weighted by Crippen LogP contribution is 2.45. The van der Waals surface area contributed by atoms with Crippen molar-refractivity contribution >= 4 is 11.4 Å². The molecular weight excluding hydrogens is 346 g/mol. The van der Waals surface area contributed by atoms with Crippen LogP contribution in [0.4, 0.5) is 11.4 Å². The van der Waals surface area contributed by atoms with Crippen molar-refractivity contribution in [1.29, 1.82) is 0 Å². The van der Waals surface area contributed by atoms with Gasteiger partial charge in [0.25, 0.3) is 5.75 Å². The van der Waals surface area contributed by atoms with E-state index in [1.807, 2.05) is 62.9 Å². The van der Waals surface area contributed by atoms with Crippen LogP contribution >= 0.6 is 0 Å². The Hall–Kier alpha value is -2.80. The van der Waals surface area contributed by atoms with Crippen LogP contribution in [0.1, 0.15) is 27.7 Å². The average molecular weight is 373 g/mol. The zero-order valence-corrected chi connectivity index (χ0v) is 16.3. The Labute approximate surface area is 160 Å². The van der Waals surface area contributed by atoms with E-state index in [9.17, 15) is 10.1 Å². The highest BCUT2D eigenvalue weighted by atomic mass is 16.7. The maximum Gasteiger partial charge on any atom is 0.345 e. The third-order valence-electron chi connectivity index (χ3n) is 4.24. The Morgan fingerprint density at radius 2 is 1.52 bits per heavy atom. The molecule has 0 aliphatic heterocycles. The van der Waals surface area contributed by atoms with E-state index in [1.165, 1.54) is 0 Å². The molecular formula is C20H27N3O4+. The zero-order valence-electron chi connectivity index (χ0n) is 16.3. The minimum Gasteiger partial charge on any atom is -0.455 e. The fraction of sp³-hybridized carbons (Fsp3) is 0.400. The third-order valence-corrected chi connectivity index (χ3v) is 4.24. The first-order valence-electron chi connectivity index (χ1n) is 9.27. The summed E-state index contributed by atoms with van der Waals surface area (Å²) >= 11 is 0. The fourth-order valence-electron chi connectivity index (χ4n) is 2.83. The Bertz CT molecular complexity index is 744. The van der Waals surface area contributed by atoms with E-state index in [0.29, 0.717) is 43.4 Å². The lowest BCUT2D eigenvalue weighted by molar-refractivity contribution is -0.385. The van der Waals surface area contributed by atoms with Crippen molar-refractivity contribution < 1.29 is 14.5 Å². The molecule has 27 heavy (non-hydrogen) atoms. The van der Waals surface area contributed by atoms with Gasteiger partial charge in [0.2, 0.25) is 0 Å². The van der Waals surface area contributed by atoms with Crippen molar-refractivity contribution in [3.05, 3.63) is 52.6 Å². The van der Waals surface area contributed by atoms with Crippen LogP contribution in [0.25, 0.3) is 0 Å². The van der Waals surface area contributed by atoms with E-state index in [2.05, 4.69) is 0 Å². The van der Waals surface area contributed by atoms with Crippen molar-refractivity contribution in [2.75, 3.05) is 31.1 Å². The number of ether oxygens (including phenoxy) is 1. The summed E-state index contributed by atoms with van der Waals surface area (Å²) in [6.45, 7) is 10.2. The van der Waals surface area contributed by atoms with Gasteiger partial charge in [-0.1, -0.05) is 18.2 Å². The Morgan fingerprint density at radius 3 is 2.04 bits per heavy atom. The van der Waals surface area contributed by atoms with E-state index >= 15 is 0 Å². The predicted octanol–water partition coefficient (Wildman–Crippen LogP) is 4.71. The number of nitro groups is 1. The van der Waals surface area contributed by atoms with Gasteiger partial charge in [0, 0.05) is 18.2 Å². The van der Waals surface area contributed by atoms with E-state index in [0.717, 1.165) is 0 Å². The first-order valence-corrected chi connectivity index (χ1v) is 9.27. The van der Waals surface area contributed by atoms with Crippen LogP contribution in [0.2, 0.25) is 0 Å². The second kappa shape index (κ2) is 9.78. The number of nitro benzene ring substituents is 1. The van der Waals surface area contributed by atoms with E-state index in [1.54, 1.807) is 17.2 Å². The lowest BCUT2D eigenvalue weighted by Crippen LogP contribution is -2.33. The number of nitrogens with zero attached hydrogens (tertiary/aromatic N) is 3. The number of benzene rings is 2. The summed E-state index contributed by atoms with van der Waals surface area (Å²) in [5.74, 6) is 1.27. The fourth-order valence-corrected chi connectivity index (χ4v) is 2.83. The molecule has 0 aromatic heterocycles. The number of para-hydroxylation sites is 1. The van der Waals surface area contributed by atoms with Crippen LogP contribution in [0.15, 0.2) is 42.5 Å². The third kappa shape index (κ3) is 4.89. The van der Waals surface area contributed by atoms with Crippen molar-refractivity contribution in [2.24, 2.45) is 0 Å². The molecule has 1 radical (unpaired) electrons. The van der Waals surface area contributed by atoms with Gasteiger partial charge in [-0.15, -0.1) is 0 Å². The summed E-state index contributed by atoms with van der Waals surface area (Å²) in [6, 6.07) is 12.6. The lowest BCUT2D eigenvalue weighted by atomic mass is 10.2. The van der Waals surface area contributed by atoms with Crippen LogP contribution in [0.3, 0.4) is 0 Å². The maximum atomic E-state index is 12.0. The van der Waals surface area contributed by atoms with E-state index < -0.39 is 4.92 Å². The van der Waals surface area contributed by atoms with Crippen LogP contribution in [-0.4, -0.2) is 31.1 Å². The van der Waals surface area contributed by atoms with Gasteiger partial charge in [0.15, 0.2) is 24.5 Å². The molecule has 0 saturated carbocycles. The molecule has 7 nitrogen and oxygen atoms in total. The molecule has 0 aliphatic carbocycles. The molecule has 145 valence electrons. The summed E-state index contributed by atoms with van der Waals surface area (Å²) in [5, 5.41) is 13.6. The normalized spacial score (nSPS) is 10.7. The summed E-state index contributed by atoms with van der Waals surface area (Å²) in [5.41, 5.74) is 0.345. The zero-order chi connectivity index (χ0) is 19.8. The molecule has 2 rings (SSSR count). The van der Waals surface area contributed by atoms with Gasteiger partial charge in [0.05, 0.1) is 4.92 Å². The standard InChI is InChI=1S/C20H27N3O4/c1-5-21(6-2)19-17(26-16-12-10-9-11-13-16)14-15-18(20(19)23(24)25)27-22(7-3)8-4/h9-15H,5-8H2,1-4H3/q+1. The highest BCUT2D eigenvalue weighted by Gasteiger charge is 2.32. The minimum atomic E-state index is -0.398. The average Bonchev–Trinajstić information content (AvgIpc) is 2.69. The van der Waals surface area contributed by atoms with Crippen LogP contribution in [0.5, 0.6) is 17.2 Å². The Kier molecular flexibility index (Phi) is 7.43. The van der Waals surface area contributed by atoms with Gasteiger partial charge in [-0.3, -0.25) is 15.0 Å². The van der Waals surface area contributed by atoms with Gasteiger partial charge in [-0.2, -0.15) is 0 Å². The smallest absolute Gasteiger partial charge is 0.345 e. The largest absolute Gasteiger partial charge is 0.455 e. The van der Waals surface area contributed by atoms with Crippen molar-refractivity contribution in [1.82, 2.24) is 5.06 Å². The summed E-state index contributed by atoms with van der Waals surface area (Å²) in [4.78, 5) is 19.3. The van der Waals surface area contributed by atoms with Gasteiger partial charge in [-0.05, 0) is 52.0 Å². The van der Waals surface area contributed by atoms with Crippen molar-refractivity contribution in [3.8, 4) is 17.2 Å². The topological polar surface area (TPSA) is 70.7 Å². The summed E-state index contributed by atoms with van der Waals surface area (Å²) in [7, 11) is 0. The Balaban J connectivity index is 2.59. The van der Waals surface area contributed by atoms with E-state index in [4.69, 9.17) is 9.57 Å². The molecule has 0 aliphatic rings. The molecule has 0 heterocycles. The molecule has 0 fully saturated rings. The number of anilines is 1. The summed E-state index contributed by atoms with van der Waals surface area (Å²) in [6.07, 6.45) is 0. The predicted molar refractivity (Wildman–Crippen MR) is 107 cm³/mol. The van der Waals surface area contributed by atoms with Crippen LogP contribution in [0, 0.1) is 10.1 Å². The molecule has 0 atom stereocenters. The molecule has 2 aromatic rings. The molecule has 0 N–H and O–H groups in total. The lowest BCUT2D eigenvalue weighted by Gasteiger charge is -2.24. The highest BCUT2D eigenvalue weighted by molar-refractivity contribution is 5.77. The van der Waals surface area contributed by atoms with Crippen molar-refractivity contribution in [2.45, 2.75) is 27.7 Å². The number of hydrogen-bond donors (Lipinski definition) is 0. The molecule has 0 spiro atoms. The molecule has 0 saturated heterocycles. The van der Waals surface area contributed by atoms with Crippen LogP contribution in [-0.2, 0) is 0 Å². The van der Waals surface area contributed by atoms with Crippen LogP contribution < -0.4 is 19.5 Å². The SMILES string of the molecule is CCN(CC)c1c(Oc2ccccc2)ccc(O[N+](CC)CC)c1[N+](=O)[O-]. The molecule has 0 amide bonds. The van der Waals surface area contributed by atoms with Gasteiger partial charge >= 0.3 is 5.69 Å². The molecule has 2 aromatic carbocycles. The number of hydroxylamine groups is 2. The van der Waals surface area contributed by atoms with Gasteiger partial charge in [-0.25, -0.2) is 0 Å². The second-order valence-corrected chi connectivity index (χ2v) is 5.81. The Morgan fingerprint density at radius 1 is 0.926 bits per heavy atom. The second-order valence-electron chi connectivity index (χ2n) is 5.81. The monoisotopic (exact) mass is 373 g/mol. The number of hydrogen-bond acceptors (Lipinski definition) is 6. The van der Waals surface area contributed by atoms with Gasteiger partial charge < -0.3 is 9.64 Å². The summed E-state index contributed by atoms with van der Waals surface area (Å²) < 4.78 is 5.98. The van der Waals surface area contributed by atoms with Crippen molar-refractivity contribution in [3.63, 3.8) is 0 Å². The molecule has 0 bridgehead atoms. The number of rotatable bonds is 10. The maximum absolute atomic E-state index is 12.0. The van der Waals surface area contributed by atoms with Gasteiger partial charge in [0.1, 0.15) is 5.75 Å². The molecule has 7 heteroatoms.